The topological polar surface area (TPSA) is 76.4 Å². The van der Waals surface area contributed by atoms with Crippen molar-refractivity contribution in [2.24, 2.45) is 0 Å². The minimum absolute atomic E-state index is 0.0189. The van der Waals surface area contributed by atoms with E-state index in [9.17, 15) is 4.79 Å². The Morgan fingerprint density at radius 1 is 1.38 bits per heavy atom. The molecule has 1 aromatic heterocycles. The van der Waals surface area contributed by atoms with Crippen LogP contribution in [0.15, 0.2) is 40.9 Å². The van der Waals surface area contributed by atoms with Crippen LogP contribution in [-0.4, -0.2) is 30.9 Å². The molecule has 0 aliphatic rings. The fraction of sp³-hybridized carbons (Fsp3) is 0.333. The zero-order valence-corrected chi connectivity index (χ0v) is 12.1. The molecule has 0 saturated carbocycles. The average molecular weight is 289 g/mol. The number of carbonyl (C=O) groups is 1. The zero-order valence-electron chi connectivity index (χ0n) is 12.1. The number of amides is 2. The Morgan fingerprint density at radius 2 is 2.14 bits per heavy atom. The first kappa shape index (κ1) is 15.1. The van der Waals surface area contributed by atoms with Crippen molar-refractivity contribution in [1.82, 2.24) is 10.5 Å². The van der Waals surface area contributed by atoms with Gasteiger partial charge < -0.3 is 14.6 Å². The van der Waals surface area contributed by atoms with Gasteiger partial charge in [0.2, 0.25) is 0 Å². The Bertz CT molecular complexity index is 569. The molecule has 0 fully saturated rings. The molecular formula is C15H19N3O3. The summed E-state index contributed by atoms with van der Waals surface area (Å²) in [5, 5.41) is 9.27. The number of methoxy groups -OCH3 is 1. The molecule has 0 aliphatic heterocycles. The van der Waals surface area contributed by atoms with E-state index >= 15 is 0 Å². The van der Waals surface area contributed by atoms with Gasteiger partial charge in [0.1, 0.15) is 0 Å². The van der Waals surface area contributed by atoms with Gasteiger partial charge in [-0.25, -0.2) is 4.79 Å². The molecule has 0 unspecified atom stereocenters. The fourth-order valence-corrected chi connectivity index (χ4v) is 1.82. The molecular weight excluding hydrogens is 270 g/mol. The molecule has 1 atom stereocenters. The van der Waals surface area contributed by atoms with Gasteiger partial charge in [0.05, 0.1) is 0 Å². The summed E-state index contributed by atoms with van der Waals surface area (Å²) >= 11 is 0. The molecule has 2 N–H and O–H groups in total. The lowest BCUT2D eigenvalue weighted by Gasteiger charge is -2.12. The fourth-order valence-electron chi connectivity index (χ4n) is 1.82. The summed E-state index contributed by atoms with van der Waals surface area (Å²) in [5.41, 5.74) is 0.909. The highest BCUT2D eigenvalue weighted by atomic mass is 16.5. The second-order valence-corrected chi connectivity index (χ2v) is 4.72. The second kappa shape index (κ2) is 7.44. The van der Waals surface area contributed by atoms with Crippen molar-refractivity contribution in [3.8, 4) is 11.3 Å². The first-order chi connectivity index (χ1) is 10.2. The number of hydrogen-bond acceptors (Lipinski definition) is 4. The number of ether oxygens (including phenoxy) is 1. The summed E-state index contributed by atoms with van der Waals surface area (Å²) in [6.07, 6.45) is 0.748. The largest absolute Gasteiger partial charge is 0.385 e. The van der Waals surface area contributed by atoms with Crippen LogP contribution in [0.25, 0.3) is 11.3 Å². The molecule has 2 amide bonds. The highest BCUT2D eigenvalue weighted by Gasteiger charge is 2.11. The summed E-state index contributed by atoms with van der Waals surface area (Å²) in [6, 6.07) is 11.0. The van der Waals surface area contributed by atoms with E-state index < -0.39 is 0 Å². The molecule has 112 valence electrons. The molecule has 2 aromatic rings. The Kier molecular flexibility index (Phi) is 5.34. The van der Waals surface area contributed by atoms with Gasteiger partial charge in [-0.2, -0.15) is 0 Å². The Labute approximate surface area is 123 Å². The van der Waals surface area contributed by atoms with Gasteiger partial charge in [-0.3, -0.25) is 5.32 Å². The van der Waals surface area contributed by atoms with Crippen LogP contribution in [0.3, 0.4) is 0 Å². The maximum absolute atomic E-state index is 11.8. The number of urea groups is 1. The summed E-state index contributed by atoms with van der Waals surface area (Å²) < 4.78 is 10.2. The van der Waals surface area contributed by atoms with E-state index in [-0.39, 0.29) is 12.1 Å². The van der Waals surface area contributed by atoms with Crippen LogP contribution in [0.1, 0.15) is 13.3 Å². The minimum Gasteiger partial charge on any atom is -0.385 e. The predicted octanol–water partition coefficient (Wildman–Crippen LogP) is 2.89. The molecule has 2 rings (SSSR count). The van der Waals surface area contributed by atoms with Crippen molar-refractivity contribution in [3.05, 3.63) is 36.4 Å². The normalized spacial score (nSPS) is 11.9. The number of carbonyl (C=O) groups excluding carboxylic acids is 1. The first-order valence-corrected chi connectivity index (χ1v) is 6.77. The summed E-state index contributed by atoms with van der Waals surface area (Å²) in [7, 11) is 1.63. The molecule has 1 aromatic carbocycles. The van der Waals surface area contributed by atoms with Gasteiger partial charge in [-0.15, -0.1) is 0 Å². The average Bonchev–Trinajstić information content (AvgIpc) is 2.94. The second-order valence-electron chi connectivity index (χ2n) is 4.72. The van der Waals surface area contributed by atoms with Crippen molar-refractivity contribution < 1.29 is 14.1 Å². The number of benzene rings is 1. The van der Waals surface area contributed by atoms with E-state index in [0.29, 0.717) is 18.2 Å². The highest BCUT2D eigenvalue weighted by Crippen LogP contribution is 2.21. The van der Waals surface area contributed by atoms with Crippen molar-refractivity contribution in [1.29, 1.82) is 0 Å². The van der Waals surface area contributed by atoms with Crippen LogP contribution in [0.4, 0.5) is 10.6 Å². The Hall–Kier alpha value is -2.34. The third kappa shape index (κ3) is 4.61. The van der Waals surface area contributed by atoms with Gasteiger partial charge in [-0.1, -0.05) is 35.5 Å². The van der Waals surface area contributed by atoms with Gasteiger partial charge in [0, 0.05) is 31.4 Å². The van der Waals surface area contributed by atoms with Crippen LogP contribution in [-0.2, 0) is 4.74 Å². The number of nitrogens with zero attached hydrogens (tertiary/aromatic N) is 1. The molecule has 0 saturated heterocycles. The Morgan fingerprint density at radius 3 is 2.86 bits per heavy atom. The minimum atomic E-state index is -0.313. The maximum atomic E-state index is 11.8. The molecule has 1 heterocycles. The monoisotopic (exact) mass is 289 g/mol. The molecule has 0 bridgehead atoms. The van der Waals surface area contributed by atoms with Crippen molar-refractivity contribution in [2.45, 2.75) is 19.4 Å². The molecule has 6 nitrogen and oxygen atoms in total. The zero-order chi connectivity index (χ0) is 15.1. The van der Waals surface area contributed by atoms with Crippen molar-refractivity contribution in [3.63, 3.8) is 0 Å². The Balaban J connectivity index is 1.89. The van der Waals surface area contributed by atoms with Crippen LogP contribution in [0.2, 0.25) is 0 Å². The van der Waals surface area contributed by atoms with Gasteiger partial charge in [-0.05, 0) is 13.3 Å². The summed E-state index contributed by atoms with van der Waals surface area (Å²) in [4.78, 5) is 11.8. The van der Waals surface area contributed by atoms with E-state index in [1.807, 2.05) is 37.3 Å². The lowest BCUT2D eigenvalue weighted by Crippen LogP contribution is -2.36. The van der Waals surface area contributed by atoms with Gasteiger partial charge in [0.25, 0.3) is 0 Å². The number of hydrogen-bond donors (Lipinski definition) is 2. The standard InChI is InChI=1S/C15H19N3O3/c1-11(8-9-20-2)16-15(19)17-14-10-13(21-18-14)12-6-4-3-5-7-12/h3-7,10-11H,8-9H2,1-2H3,(H2,16,17,18,19)/t11-/m1/s1. The molecule has 0 aliphatic carbocycles. The summed E-state index contributed by atoms with van der Waals surface area (Å²) in [6.45, 7) is 2.51. The third-order valence-corrected chi connectivity index (χ3v) is 2.94. The van der Waals surface area contributed by atoms with E-state index in [2.05, 4.69) is 15.8 Å². The van der Waals surface area contributed by atoms with E-state index in [1.54, 1.807) is 13.2 Å². The smallest absolute Gasteiger partial charge is 0.320 e. The third-order valence-electron chi connectivity index (χ3n) is 2.94. The van der Waals surface area contributed by atoms with Crippen LogP contribution in [0.5, 0.6) is 0 Å². The van der Waals surface area contributed by atoms with E-state index in [1.165, 1.54) is 0 Å². The quantitative estimate of drug-likeness (QED) is 0.857. The number of anilines is 1. The van der Waals surface area contributed by atoms with E-state index in [0.717, 1.165) is 12.0 Å². The number of nitrogens with one attached hydrogen (secondary N) is 2. The van der Waals surface area contributed by atoms with Gasteiger partial charge >= 0.3 is 6.03 Å². The molecule has 21 heavy (non-hydrogen) atoms. The van der Waals surface area contributed by atoms with E-state index in [4.69, 9.17) is 9.26 Å². The highest BCUT2D eigenvalue weighted by molar-refractivity contribution is 5.88. The van der Waals surface area contributed by atoms with Crippen LogP contribution < -0.4 is 10.6 Å². The van der Waals surface area contributed by atoms with Crippen molar-refractivity contribution in [2.75, 3.05) is 19.0 Å². The maximum Gasteiger partial charge on any atom is 0.320 e. The molecule has 0 spiro atoms. The van der Waals surface area contributed by atoms with Crippen LogP contribution >= 0.6 is 0 Å². The lowest BCUT2D eigenvalue weighted by molar-refractivity contribution is 0.185. The lowest BCUT2D eigenvalue weighted by atomic mass is 10.2. The summed E-state index contributed by atoms with van der Waals surface area (Å²) in [5.74, 6) is 0.989. The first-order valence-electron chi connectivity index (χ1n) is 6.77. The predicted molar refractivity (Wildman–Crippen MR) is 80.0 cm³/mol. The number of aromatic nitrogens is 1. The number of rotatable bonds is 6. The van der Waals surface area contributed by atoms with Crippen LogP contribution in [0, 0.1) is 0 Å². The SMILES string of the molecule is COCC[C@@H](C)NC(=O)Nc1cc(-c2ccccc2)on1. The van der Waals surface area contributed by atoms with Gasteiger partial charge in [0.15, 0.2) is 11.6 Å². The molecule has 0 radical (unpaired) electrons. The molecule has 6 heteroatoms. The van der Waals surface area contributed by atoms with Crippen molar-refractivity contribution >= 4 is 11.8 Å².